The Kier molecular flexibility index (Phi) is 4.80. The average molecular weight is 356 g/mol. The number of carbonyl (C=O) groups is 2. The van der Waals surface area contributed by atoms with Gasteiger partial charge in [-0.25, -0.2) is 4.98 Å². The van der Waals surface area contributed by atoms with E-state index in [1.165, 1.54) is 11.3 Å². The van der Waals surface area contributed by atoms with E-state index in [2.05, 4.69) is 15.3 Å². The van der Waals surface area contributed by atoms with Crippen molar-refractivity contribution in [1.82, 2.24) is 9.97 Å². The maximum Gasteiger partial charge on any atom is 0.265 e. The number of aromatic nitrogens is 2. The molecule has 1 aromatic carbocycles. The molecule has 0 unspecified atom stereocenters. The zero-order chi connectivity index (χ0) is 17.8. The number of aromatic amines is 1. The highest BCUT2D eigenvalue weighted by Crippen LogP contribution is 2.25. The number of amides is 2. The van der Waals surface area contributed by atoms with Gasteiger partial charge >= 0.3 is 0 Å². The van der Waals surface area contributed by atoms with Crippen LogP contribution in [0.1, 0.15) is 16.1 Å². The predicted octanol–water partition coefficient (Wildman–Crippen LogP) is 2.43. The normalized spacial score (nSPS) is 10.4. The molecule has 3 aromatic rings. The summed E-state index contributed by atoms with van der Waals surface area (Å²) in [7, 11) is 1.58. The molecule has 2 amide bonds. The molecule has 7 nitrogen and oxygen atoms in total. The first-order valence-electron chi connectivity index (χ1n) is 7.42. The molecule has 3 rings (SSSR count). The van der Waals surface area contributed by atoms with Gasteiger partial charge in [-0.3, -0.25) is 9.59 Å². The highest BCUT2D eigenvalue weighted by Gasteiger charge is 2.11. The SMILES string of the molecule is COc1cccc(CC(=O)Nc2nc(-c3c[nH]c(C(N)=O)c3)cs2)c1. The molecule has 0 saturated heterocycles. The second kappa shape index (κ2) is 7.18. The first-order chi connectivity index (χ1) is 12.0. The molecule has 0 radical (unpaired) electrons. The van der Waals surface area contributed by atoms with Gasteiger partial charge in [0.2, 0.25) is 5.91 Å². The number of anilines is 1. The van der Waals surface area contributed by atoms with Crippen LogP contribution in [0.15, 0.2) is 41.9 Å². The van der Waals surface area contributed by atoms with Crippen molar-refractivity contribution in [3.05, 3.63) is 53.2 Å². The van der Waals surface area contributed by atoms with Gasteiger partial charge in [-0.1, -0.05) is 12.1 Å². The Bertz CT molecular complexity index is 916. The minimum Gasteiger partial charge on any atom is -0.497 e. The summed E-state index contributed by atoms with van der Waals surface area (Å²) >= 11 is 1.31. The molecule has 8 heteroatoms. The highest BCUT2D eigenvalue weighted by molar-refractivity contribution is 7.14. The van der Waals surface area contributed by atoms with Crippen LogP contribution in [0, 0.1) is 0 Å². The first-order valence-corrected chi connectivity index (χ1v) is 8.30. The van der Waals surface area contributed by atoms with Gasteiger partial charge in [0.15, 0.2) is 5.13 Å². The van der Waals surface area contributed by atoms with E-state index in [0.29, 0.717) is 22.3 Å². The zero-order valence-electron chi connectivity index (χ0n) is 13.4. The highest BCUT2D eigenvalue weighted by atomic mass is 32.1. The number of nitrogens with zero attached hydrogens (tertiary/aromatic N) is 1. The Labute approximate surface area is 147 Å². The zero-order valence-corrected chi connectivity index (χ0v) is 14.2. The minimum absolute atomic E-state index is 0.166. The lowest BCUT2D eigenvalue weighted by molar-refractivity contribution is -0.115. The van der Waals surface area contributed by atoms with Crippen LogP contribution < -0.4 is 15.8 Å². The van der Waals surface area contributed by atoms with E-state index in [-0.39, 0.29) is 12.3 Å². The van der Waals surface area contributed by atoms with Gasteiger partial charge in [0.1, 0.15) is 11.4 Å². The number of benzene rings is 1. The fourth-order valence-electron chi connectivity index (χ4n) is 2.28. The van der Waals surface area contributed by atoms with Crippen molar-refractivity contribution in [2.24, 2.45) is 5.73 Å². The Balaban J connectivity index is 1.66. The molecule has 0 fully saturated rings. The molecular weight excluding hydrogens is 340 g/mol. The number of thiazole rings is 1. The monoisotopic (exact) mass is 356 g/mol. The quantitative estimate of drug-likeness (QED) is 0.630. The second-order valence-electron chi connectivity index (χ2n) is 5.28. The second-order valence-corrected chi connectivity index (χ2v) is 6.14. The van der Waals surface area contributed by atoms with Gasteiger partial charge in [-0.15, -0.1) is 11.3 Å². The van der Waals surface area contributed by atoms with Crippen molar-refractivity contribution < 1.29 is 14.3 Å². The summed E-state index contributed by atoms with van der Waals surface area (Å²) in [5, 5.41) is 5.06. The van der Waals surface area contributed by atoms with E-state index in [4.69, 9.17) is 10.5 Å². The Morgan fingerprint density at radius 1 is 1.36 bits per heavy atom. The van der Waals surface area contributed by atoms with Gasteiger partial charge in [-0.05, 0) is 23.8 Å². The number of nitrogens with one attached hydrogen (secondary N) is 2. The van der Waals surface area contributed by atoms with Gasteiger partial charge < -0.3 is 20.8 Å². The summed E-state index contributed by atoms with van der Waals surface area (Å²) in [5.74, 6) is 0.00823. The molecule has 4 N–H and O–H groups in total. The summed E-state index contributed by atoms with van der Waals surface area (Å²) < 4.78 is 5.15. The first kappa shape index (κ1) is 16.7. The molecule has 128 valence electrons. The van der Waals surface area contributed by atoms with Gasteiger partial charge in [0.25, 0.3) is 5.91 Å². The van der Waals surface area contributed by atoms with Gasteiger partial charge in [0.05, 0.1) is 19.2 Å². The molecule has 25 heavy (non-hydrogen) atoms. The van der Waals surface area contributed by atoms with Crippen LogP contribution in [0.3, 0.4) is 0 Å². The number of carbonyl (C=O) groups excluding carboxylic acids is 2. The summed E-state index contributed by atoms with van der Waals surface area (Å²) in [6.07, 6.45) is 1.87. The van der Waals surface area contributed by atoms with Crippen LogP contribution in [0.5, 0.6) is 5.75 Å². The number of rotatable bonds is 6. The average Bonchev–Trinajstić information content (AvgIpc) is 3.24. The van der Waals surface area contributed by atoms with E-state index in [0.717, 1.165) is 11.1 Å². The van der Waals surface area contributed by atoms with E-state index < -0.39 is 5.91 Å². The molecule has 0 bridgehead atoms. The van der Waals surface area contributed by atoms with Crippen molar-refractivity contribution in [2.45, 2.75) is 6.42 Å². The van der Waals surface area contributed by atoms with Crippen molar-refractivity contribution in [3.8, 4) is 17.0 Å². The van der Waals surface area contributed by atoms with Crippen molar-refractivity contribution in [1.29, 1.82) is 0 Å². The molecule has 2 heterocycles. The predicted molar refractivity (Wildman–Crippen MR) is 95.7 cm³/mol. The van der Waals surface area contributed by atoms with Gasteiger partial charge in [-0.2, -0.15) is 0 Å². The summed E-state index contributed by atoms with van der Waals surface area (Å²) in [6.45, 7) is 0. The van der Waals surface area contributed by atoms with Crippen molar-refractivity contribution in [2.75, 3.05) is 12.4 Å². The number of ether oxygens (including phenoxy) is 1. The summed E-state index contributed by atoms with van der Waals surface area (Å²) in [4.78, 5) is 30.4. The van der Waals surface area contributed by atoms with Crippen LogP contribution in [-0.2, 0) is 11.2 Å². The molecule has 0 atom stereocenters. The molecular formula is C17H16N4O3S. The van der Waals surface area contributed by atoms with Crippen LogP contribution in [0.4, 0.5) is 5.13 Å². The molecule has 0 aliphatic heterocycles. The minimum atomic E-state index is -0.534. The number of hydrogen-bond donors (Lipinski definition) is 3. The molecule has 0 aliphatic rings. The summed E-state index contributed by atoms with van der Waals surface area (Å²) in [5.41, 5.74) is 7.77. The smallest absolute Gasteiger partial charge is 0.265 e. The Morgan fingerprint density at radius 2 is 2.20 bits per heavy atom. The molecule has 2 aromatic heterocycles. The maximum absolute atomic E-state index is 12.2. The van der Waals surface area contributed by atoms with E-state index >= 15 is 0 Å². The molecule has 0 spiro atoms. The van der Waals surface area contributed by atoms with E-state index in [1.54, 1.807) is 24.8 Å². The van der Waals surface area contributed by atoms with Crippen LogP contribution in [0.25, 0.3) is 11.3 Å². The fourth-order valence-corrected chi connectivity index (χ4v) is 3.02. The lowest BCUT2D eigenvalue weighted by Gasteiger charge is -2.04. The molecule has 0 aliphatic carbocycles. The lowest BCUT2D eigenvalue weighted by atomic mass is 10.1. The Hall–Kier alpha value is -3.13. The summed E-state index contributed by atoms with van der Waals surface area (Å²) in [6, 6.07) is 8.97. The van der Waals surface area contributed by atoms with Crippen LogP contribution in [0.2, 0.25) is 0 Å². The van der Waals surface area contributed by atoms with Gasteiger partial charge in [0, 0.05) is 17.1 Å². The number of hydrogen-bond acceptors (Lipinski definition) is 5. The number of nitrogens with two attached hydrogens (primary N) is 1. The fraction of sp³-hybridized carbons (Fsp3) is 0.118. The number of methoxy groups -OCH3 is 1. The van der Waals surface area contributed by atoms with Crippen molar-refractivity contribution in [3.63, 3.8) is 0 Å². The third-order valence-electron chi connectivity index (χ3n) is 3.49. The standard InChI is InChI=1S/C17H16N4O3S/c1-24-12-4-2-3-10(5-12)6-15(22)21-17-20-14(9-25-17)11-7-13(16(18)23)19-8-11/h2-5,7-9,19H,6H2,1H3,(H2,18,23)(H,20,21,22). The topological polar surface area (TPSA) is 110 Å². The number of primary amides is 1. The third kappa shape index (κ3) is 4.04. The van der Waals surface area contributed by atoms with Crippen LogP contribution in [-0.4, -0.2) is 28.9 Å². The lowest BCUT2D eigenvalue weighted by Crippen LogP contribution is -2.14. The van der Waals surface area contributed by atoms with E-state index in [1.807, 2.05) is 24.3 Å². The largest absolute Gasteiger partial charge is 0.497 e. The van der Waals surface area contributed by atoms with E-state index in [9.17, 15) is 9.59 Å². The maximum atomic E-state index is 12.2. The van der Waals surface area contributed by atoms with Crippen LogP contribution >= 0.6 is 11.3 Å². The molecule has 0 saturated carbocycles. The van der Waals surface area contributed by atoms with Crippen molar-refractivity contribution >= 4 is 28.3 Å². The third-order valence-corrected chi connectivity index (χ3v) is 4.25. The number of H-pyrrole nitrogens is 1. The Morgan fingerprint density at radius 3 is 2.92 bits per heavy atom.